The predicted molar refractivity (Wildman–Crippen MR) is 86.5 cm³/mol. The number of hydrogen-bond donors (Lipinski definition) is 0. The molecule has 0 spiro atoms. The summed E-state index contributed by atoms with van der Waals surface area (Å²) >= 11 is 1.70. The van der Waals surface area contributed by atoms with E-state index in [1.54, 1.807) is 16.2 Å². The maximum atomic E-state index is 12.0. The molecule has 1 aliphatic heterocycles. The Morgan fingerprint density at radius 2 is 2.24 bits per heavy atom. The molecule has 0 aromatic carbocycles. The molecule has 21 heavy (non-hydrogen) atoms. The number of amides is 1. The van der Waals surface area contributed by atoms with Crippen LogP contribution in [0, 0.1) is 0 Å². The van der Waals surface area contributed by atoms with Crippen LogP contribution in [0.4, 0.5) is 4.79 Å². The molecule has 2 heterocycles. The summed E-state index contributed by atoms with van der Waals surface area (Å²) in [5.74, 6) is 0. The lowest BCUT2D eigenvalue weighted by Crippen LogP contribution is -2.39. The highest BCUT2D eigenvalue weighted by atomic mass is 32.1. The molecule has 4 nitrogen and oxygen atoms in total. The largest absolute Gasteiger partial charge is 0.444 e. The van der Waals surface area contributed by atoms with Crippen LogP contribution < -0.4 is 0 Å². The molecule has 0 fully saturated rings. The van der Waals surface area contributed by atoms with E-state index in [2.05, 4.69) is 23.4 Å². The van der Waals surface area contributed by atoms with E-state index in [-0.39, 0.29) is 6.09 Å². The Labute approximate surface area is 130 Å². The first kappa shape index (κ1) is 16.0. The molecule has 0 radical (unpaired) electrons. The average molecular weight is 308 g/mol. The first-order chi connectivity index (χ1) is 9.89. The zero-order chi connectivity index (χ0) is 15.5. The number of aromatic nitrogens is 1. The Kier molecular flexibility index (Phi) is 5.04. The van der Waals surface area contributed by atoms with Crippen molar-refractivity contribution in [3.63, 3.8) is 0 Å². The standard InChI is InChI=1S/C16H24N2O2S/c1-5-6-13-11-21-14(17-13)12-7-9-18(10-8-12)15(19)20-16(2,3)4/h7,11H,5-6,8-10H2,1-4H3. The molecule has 0 bridgehead atoms. The van der Waals surface area contributed by atoms with E-state index >= 15 is 0 Å². The van der Waals surface area contributed by atoms with Crippen LogP contribution in [0.1, 0.15) is 51.2 Å². The molecule has 0 atom stereocenters. The van der Waals surface area contributed by atoms with Crippen molar-refractivity contribution in [2.24, 2.45) is 0 Å². The number of hydrogen-bond acceptors (Lipinski definition) is 4. The summed E-state index contributed by atoms with van der Waals surface area (Å²) in [5, 5.41) is 3.24. The zero-order valence-corrected chi connectivity index (χ0v) is 14.1. The van der Waals surface area contributed by atoms with Crippen molar-refractivity contribution in [1.29, 1.82) is 0 Å². The molecule has 116 valence electrons. The Balaban J connectivity index is 1.96. The van der Waals surface area contributed by atoms with Crippen LogP contribution in [0.2, 0.25) is 0 Å². The highest BCUT2D eigenvalue weighted by Gasteiger charge is 2.24. The van der Waals surface area contributed by atoms with Gasteiger partial charge in [-0.2, -0.15) is 0 Å². The monoisotopic (exact) mass is 308 g/mol. The minimum atomic E-state index is -0.439. The van der Waals surface area contributed by atoms with E-state index in [4.69, 9.17) is 4.74 Å². The van der Waals surface area contributed by atoms with Gasteiger partial charge in [0.05, 0.1) is 5.69 Å². The van der Waals surface area contributed by atoms with E-state index in [9.17, 15) is 4.79 Å². The van der Waals surface area contributed by atoms with Crippen LogP contribution in [0.25, 0.3) is 5.57 Å². The summed E-state index contributed by atoms with van der Waals surface area (Å²) in [6.45, 7) is 9.14. The van der Waals surface area contributed by atoms with Crippen LogP contribution in [-0.4, -0.2) is 34.7 Å². The molecule has 0 saturated carbocycles. The van der Waals surface area contributed by atoms with Crippen LogP contribution >= 0.6 is 11.3 Å². The Bertz CT molecular complexity index is 529. The van der Waals surface area contributed by atoms with Crippen molar-refractivity contribution in [2.45, 2.75) is 52.6 Å². The fourth-order valence-electron chi connectivity index (χ4n) is 2.18. The van der Waals surface area contributed by atoms with Crippen molar-refractivity contribution in [3.8, 4) is 0 Å². The summed E-state index contributed by atoms with van der Waals surface area (Å²) < 4.78 is 5.40. The second-order valence-electron chi connectivity index (χ2n) is 6.30. The lowest BCUT2D eigenvalue weighted by atomic mass is 10.1. The third kappa shape index (κ3) is 4.56. The van der Waals surface area contributed by atoms with Gasteiger partial charge >= 0.3 is 6.09 Å². The highest BCUT2D eigenvalue weighted by Crippen LogP contribution is 2.26. The fraction of sp³-hybridized carbons (Fsp3) is 0.625. The lowest BCUT2D eigenvalue weighted by molar-refractivity contribution is 0.0270. The first-order valence-electron chi connectivity index (χ1n) is 7.51. The number of rotatable bonds is 3. The zero-order valence-electron chi connectivity index (χ0n) is 13.3. The Hall–Kier alpha value is -1.36. The minimum Gasteiger partial charge on any atom is -0.444 e. The van der Waals surface area contributed by atoms with Crippen molar-refractivity contribution in [1.82, 2.24) is 9.88 Å². The summed E-state index contributed by atoms with van der Waals surface area (Å²) in [5.41, 5.74) is 1.99. The minimum absolute atomic E-state index is 0.233. The second-order valence-corrected chi connectivity index (χ2v) is 7.16. The van der Waals surface area contributed by atoms with Gasteiger partial charge in [0.15, 0.2) is 0 Å². The van der Waals surface area contributed by atoms with Crippen molar-refractivity contribution >= 4 is 23.0 Å². The van der Waals surface area contributed by atoms with E-state index in [1.165, 1.54) is 11.3 Å². The fourth-order valence-corrected chi connectivity index (χ4v) is 3.11. The van der Waals surface area contributed by atoms with Gasteiger partial charge < -0.3 is 9.64 Å². The molecule has 1 aromatic heterocycles. The van der Waals surface area contributed by atoms with E-state index in [1.807, 2.05) is 20.8 Å². The molecule has 0 N–H and O–H groups in total. The molecule has 5 heteroatoms. The molecule has 2 rings (SSSR count). The maximum Gasteiger partial charge on any atom is 0.410 e. The SMILES string of the molecule is CCCc1csc(C2=CCN(C(=O)OC(C)(C)C)CC2)n1. The quantitative estimate of drug-likeness (QED) is 0.843. The van der Waals surface area contributed by atoms with Crippen LogP contribution in [0.5, 0.6) is 0 Å². The van der Waals surface area contributed by atoms with Gasteiger partial charge in [-0.25, -0.2) is 9.78 Å². The Morgan fingerprint density at radius 1 is 1.48 bits per heavy atom. The second kappa shape index (κ2) is 6.60. The van der Waals surface area contributed by atoms with E-state index in [0.29, 0.717) is 13.1 Å². The molecular formula is C16H24N2O2S. The maximum absolute atomic E-state index is 12.0. The van der Waals surface area contributed by atoms with Gasteiger partial charge in [-0.15, -0.1) is 11.3 Å². The third-order valence-electron chi connectivity index (χ3n) is 3.19. The van der Waals surface area contributed by atoms with E-state index in [0.717, 1.165) is 24.3 Å². The topological polar surface area (TPSA) is 42.4 Å². The van der Waals surface area contributed by atoms with Gasteiger partial charge in [0.2, 0.25) is 0 Å². The number of thiazole rings is 1. The lowest BCUT2D eigenvalue weighted by Gasteiger charge is -2.29. The Morgan fingerprint density at radius 3 is 2.81 bits per heavy atom. The van der Waals surface area contributed by atoms with E-state index < -0.39 is 5.60 Å². The molecule has 1 aliphatic rings. The molecule has 1 amide bonds. The third-order valence-corrected chi connectivity index (χ3v) is 4.16. The van der Waals surface area contributed by atoms with Gasteiger partial charge in [0.1, 0.15) is 10.6 Å². The molecule has 0 saturated heterocycles. The highest BCUT2D eigenvalue weighted by molar-refractivity contribution is 7.10. The smallest absolute Gasteiger partial charge is 0.410 e. The molecule has 1 aromatic rings. The normalized spacial score (nSPS) is 15.8. The van der Waals surface area contributed by atoms with Crippen molar-refractivity contribution in [3.05, 3.63) is 22.2 Å². The number of nitrogens with zero attached hydrogens (tertiary/aromatic N) is 2. The number of carbonyl (C=O) groups excluding carboxylic acids is 1. The van der Waals surface area contributed by atoms with Gasteiger partial charge in [0, 0.05) is 18.5 Å². The number of aryl methyl sites for hydroxylation is 1. The first-order valence-corrected chi connectivity index (χ1v) is 8.38. The predicted octanol–water partition coefficient (Wildman–Crippen LogP) is 4.12. The summed E-state index contributed by atoms with van der Waals surface area (Å²) in [4.78, 5) is 18.4. The van der Waals surface area contributed by atoms with Crippen molar-refractivity contribution < 1.29 is 9.53 Å². The number of carbonyl (C=O) groups is 1. The van der Waals surface area contributed by atoms with Gasteiger partial charge in [-0.05, 0) is 39.2 Å². The van der Waals surface area contributed by atoms with Gasteiger partial charge in [-0.1, -0.05) is 19.4 Å². The molecular weight excluding hydrogens is 284 g/mol. The number of ether oxygens (including phenoxy) is 1. The molecule has 0 unspecified atom stereocenters. The molecule has 0 aliphatic carbocycles. The van der Waals surface area contributed by atoms with Crippen LogP contribution in [0.3, 0.4) is 0 Å². The summed E-state index contributed by atoms with van der Waals surface area (Å²) in [6.07, 6.45) is 4.87. The van der Waals surface area contributed by atoms with Gasteiger partial charge in [-0.3, -0.25) is 0 Å². The summed E-state index contributed by atoms with van der Waals surface area (Å²) in [6, 6.07) is 0. The van der Waals surface area contributed by atoms with Gasteiger partial charge in [0.25, 0.3) is 0 Å². The average Bonchev–Trinajstić information content (AvgIpc) is 2.86. The van der Waals surface area contributed by atoms with Crippen LogP contribution in [0.15, 0.2) is 11.5 Å². The van der Waals surface area contributed by atoms with Crippen LogP contribution in [-0.2, 0) is 11.2 Å². The van der Waals surface area contributed by atoms with Crippen molar-refractivity contribution in [2.75, 3.05) is 13.1 Å². The summed E-state index contributed by atoms with van der Waals surface area (Å²) in [7, 11) is 0.